The minimum absolute atomic E-state index is 0.0584. The summed E-state index contributed by atoms with van der Waals surface area (Å²) in [4.78, 5) is 1.29. The highest BCUT2D eigenvalue weighted by atomic mass is 32.2. The van der Waals surface area contributed by atoms with Crippen molar-refractivity contribution < 1.29 is 5.11 Å². The van der Waals surface area contributed by atoms with Crippen LogP contribution >= 0.6 is 11.8 Å². The van der Waals surface area contributed by atoms with Gasteiger partial charge in [-0.1, -0.05) is 12.1 Å². The van der Waals surface area contributed by atoms with Gasteiger partial charge in [-0.3, -0.25) is 5.32 Å². The second-order valence-corrected chi connectivity index (χ2v) is 3.64. The van der Waals surface area contributed by atoms with Crippen LogP contribution in [0.4, 0.5) is 0 Å². The Balaban J connectivity index is 2.40. The fourth-order valence-corrected chi connectivity index (χ4v) is 1.51. The average Bonchev–Trinajstić information content (AvgIpc) is 2.19. The largest absolute Gasteiger partial charge is 0.381 e. The summed E-state index contributed by atoms with van der Waals surface area (Å²) in [5.74, 6) is 0. The highest BCUT2D eigenvalue weighted by Crippen LogP contribution is 2.14. The molecule has 1 aromatic rings. The zero-order valence-electron chi connectivity index (χ0n) is 7.79. The Morgan fingerprint density at radius 3 is 2.54 bits per heavy atom. The molecule has 72 valence electrons. The molecule has 0 amide bonds. The van der Waals surface area contributed by atoms with Crippen LogP contribution in [0.5, 0.6) is 0 Å². The highest BCUT2D eigenvalue weighted by molar-refractivity contribution is 7.98. The van der Waals surface area contributed by atoms with E-state index in [9.17, 15) is 0 Å². The van der Waals surface area contributed by atoms with E-state index >= 15 is 0 Å². The number of aliphatic hydroxyl groups is 1. The highest BCUT2D eigenvalue weighted by Gasteiger charge is 1.93. The molecule has 2 N–H and O–H groups in total. The number of hydrogen-bond acceptors (Lipinski definition) is 3. The molecule has 0 saturated heterocycles. The van der Waals surface area contributed by atoms with Crippen LogP contribution in [-0.4, -0.2) is 24.6 Å². The quantitative estimate of drug-likeness (QED) is 0.426. The van der Waals surface area contributed by atoms with Crippen LogP contribution in [0, 0.1) is 0 Å². The van der Waals surface area contributed by atoms with Crippen molar-refractivity contribution >= 4 is 11.8 Å². The van der Waals surface area contributed by atoms with E-state index in [1.807, 2.05) is 0 Å². The molecule has 0 unspecified atom stereocenters. The maximum absolute atomic E-state index is 8.51. The number of thioether (sulfide) groups is 1. The van der Waals surface area contributed by atoms with Crippen molar-refractivity contribution in [1.82, 2.24) is 5.32 Å². The number of rotatable bonds is 5. The van der Waals surface area contributed by atoms with E-state index in [2.05, 4.69) is 35.8 Å². The summed E-state index contributed by atoms with van der Waals surface area (Å²) in [6, 6.07) is 8.51. The zero-order chi connectivity index (χ0) is 9.52. The Hall–Kier alpha value is -0.510. The van der Waals surface area contributed by atoms with Crippen LogP contribution in [0.1, 0.15) is 5.56 Å². The van der Waals surface area contributed by atoms with Crippen LogP contribution in [0.3, 0.4) is 0 Å². The molecule has 0 aliphatic heterocycles. The SMILES string of the molecule is CSc1ccc(CCNCO)cc1. The summed E-state index contributed by atoms with van der Waals surface area (Å²) >= 11 is 1.75. The summed E-state index contributed by atoms with van der Waals surface area (Å²) < 4.78 is 0. The molecule has 0 radical (unpaired) electrons. The monoisotopic (exact) mass is 197 g/mol. The molecule has 1 aromatic carbocycles. The molecule has 0 spiro atoms. The summed E-state index contributed by atoms with van der Waals surface area (Å²) in [5.41, 5.74) is 1.30. The fourth-order valence-electron chi connectivity index (χ4n) is 1.10. The fraction of sp³-hybridized carbons (Fsp3) is 0.400. The first-order valence-electron chi connectivity index (χ1n) is 4.31. The van der Waals surface area contributed by atoms with Crippen LogP contribution in [0.2, 0.25) is 0 Å². The van der Waals surface area contributed by atoms with Gasteiger partial charge >= 0.3 is 0 Å². The third-order valence-electron chi connectivity index (χ3n) is 1.86. The topological polar surface area (TPSA) is 32.3 Å². The lowest BCUT2D eigenvalue weighted by molar-refractivity contribution is 0.262. The minimum atomic E-state index is 0.0584. The van der Waals surface area contributed by atoms with Gasteiger partial charge < -0.3 is 5.11 Å². The van der Waals surface area contributed by atoms with Gasteiger partial charge in [0.05, 0.1) is 6.73 Å². The number of hydrogen-bond donors (Lipinski definition) is 2. The van der Waals surface area contributed by atoms with Crippen molar-refractivity contribution in [2.75, 3.05) is 19.5 Å². The molecule has 0 aliphatic carbocycles. The van der Waals surface area contributed by atoms with E-state index in [0.717, 1.165) is 13.0 Å². The van der Waals surface area contributed by atoms with E-state index < -0.39 is 0 Å². The number of nitrogens with one attached hydrogen (secondary N) is 1. The van der Waals surface area contributed by atoms with Crippen molar-refractivity contribution in [3.63, 3.8) is 0 Å². The molecule has 0 heterocycles. The predicted molar refractivity (Wildman–Crippen MR) is 57.0 cm³/mol. The van der Waals surface area contributed by atoms with E-state index in [4.69, 9.17) is 5.11 Å². The predicted octanol–water partition coefficient (Wildman–Crippen LogP) is 1.49. The van der Waals surface area contributed by atoms with Gasteiger partial charge in [-0.05, 0) is 30.4 Å². The van der Waals surface area contributed by atoms with Crippen molar-refractivity contribution in [3.05, 3.63) is 29.8 Å². The summed E-state index contributed by atoms with van der Waals surface area (Å²) in [6.45, 7) is 0.887. The van der Waals surface area contributed by atoms with Crippen LogP contribution in [0.25, 0.3) is 0 Å². The van der Waals surface area contributed by atoms with Gasteiger partial charge in [0.15, 0.2) is 0 Å². The van der Waals surface area contributed by atoms with E-state index in [-0.39, 0.29) is 6.73 Å². The zero-order valence-corrected chi connectivity index (χ0v) is 8.60. The smallest absolute Gasteiger partial charge is 0.0931 e. The lowest BCUT2D eigenvalue weighted by Crippen LogP contribution is -2.17. The molecule has 0 fully saturated rings. The van der Waals surface area contributed by atoms with E-state index in [1.165, 1.54) is 10.5 Å². The standard InChI is InChI=1S/C10H15NOS/c1-13-10-4-2-9(3-5-10)6-7-11-8-12/h2-5,11-12H,6-8H2,1H3. The molecule has 0 aromatic heterocycles. The number of aliphatic hydroxyl groups excluding tert-OH is 1. The van der Waals surface area contributed by atoms with Gasteiger partial charge in [-0.2, -0.15) is 0 Å². The van der Waals surface area contributed by atoms with Gasteiger partial charge in [0.1, 0.15) is 0 Å². The third kappa shape index (κ3) is 3.81. The van der Waals surface area contributed by atoms with Crippen molar-refractivity contribution in [1.29, 1.82) is 0 Å². The van der Waals surface area contributed by atoms with E-state index in [1.54, 1.807) is 11.8 Å². The molecule has 0 aliphatic rings. The number of benzene rings is 1. The molecule has 1 rings (SSSR count). The molecular weight excluding hydrogens is 182 g/mol. The summed E-state index contributed by atoms with van der Waals surface area (Å²) in [5, 5.41) is 11.4. The molecule has 0 saturated carbocycles. The van der Waals surface area contributed by atoms with Crippen molar-refractivity contribution in [3.8, 4) is 0 Å². The third-order valence-corrected chi connectivity index (χ3v) is 2.60. The first-order valence-corrected chi connectivity index (χ1v) is 5.54. The average molecular weight is 197 g/mol. The molecule has 0 atom stereocenters. The molecule has 2 nitrogen and oxygen atoms in total. The Bertz CT molecular complexity index is 235. The molecular formula is C10H15NOS. The Labute approximate surface area is 83.4 Å². The van der Waals surface area contributed by atoms with Gasteiger partial charge in [0.2, 0.25) is 0 Å². The second-order valence-electron chi connectivity index (χ2n) is 2.76. The first kappa shape index (κ1) is 10.6. The normalized spacial score (nSPS) is 10.3. The van der Waals surface area contributed by atoms with E-state index in [0.29, 0.717) is 0 Å². The Morgan fingerprint density at radius 2 is 2.00 bits per heavy atom. The van der Waals surface area contributed by atoms with Gasteiger partial charge in [-0.25, -0.2) is 0 Å². The molecule has 0 bridgehead atoms. The Morgan fingerprint density at radius 1 is 1.31 bits per heavy atom. The van der Waals surface area contributed by atoms with Gasteiger partial charge in [0, 0.05) is 11.4 Å². The first-order chi connectivity index (χ1) is 6.36. The maximum atomic E-state index is 8.51. The summed E-state index contributed by atoms with van der Waals surface area (Å²) in [6.07, 6.45) is 3.04. The molecule has 13 heavy (non-hydrogen) atoms. The van der Waals surface area contributed by atoms with Crippen LogP contribution in [0.15, 0.2) is 29.2 Å². The molecule has 3 heteroatoms. The second kappa shape index (κ2) is 6.02. The minimum Gasteiger partial charge on any atom is -0.381 e. The maximum Gasteiger partial charge on any atom is 0.0931 e. The lowest BCUT2D eigenvalue weighted by atomic mass is 10.1. The van der Waals surface area contributed by atoms with Crippen molar-refractivity contribution in [2.24, 2.45) is 0 Å². The lowest BCUT2D eigenvalue weighted by Gasteiger charge is -2.02. The van der Waals surface area contributed by atoms with Gasteiger partial charge in [-0.15, -0.1) is 11.8 Å². The van der Waals surface area contributed by atoms with Crippen LogP contribution in [-0.2, 0) is 6.42 Å². The van der Waals surface area contributed by atoms with Crippen molar-refractivity contribution in [2.45, 2.75) is 11.3 Å². The van der Waals surface area contributed by atoms with Gasteiger partial charge in [0.25, 0.3) is 0 Å². The Kier molecular flexibility index (Phi) is 4.90. The van der Waals surface area contributed by atoms with Crippen LogP contribution < -0.4 is 5.32 Å². The summed E-state index contributed by atoms with van der Waals surface area (Å²) in [7, 11) is 0.